The smallest absolute Gasteiger partial charge is 0.0745 e. The molecule has 1 heterocycles. The lowest BCUT2D eigenvalue weighted by Crippen LogP contribution is -1.93. The Balaban J connectivity index is 2.16. The molecule has 2 rings (SSSR count). The van der Waals surface area contributed by atoms with Gasteiger partial charge in [-0.1, -0.05) is 30.2 Å². The third kappa shape index (κ3) is 2.36. The molecule has 0 aliphatic carbocycles. The Morgan fingerprint density at radius 2 is 1.93 bits per heavy atom. The van der Waals surface area contributed by atoms with Crippen molar-refractivity contribution in [3.63, 3.8) is 0 Å². The highest BCUT2D eigenvalue weighted by atomic mass is 35.5. The molecule has 1 unspecified atom stereocenters. The summed E-state index contributed by atoms with van der Waals surface area (Å²) in [5.41, 5.74) is 1.28. The molecule has 14 heavy (non-hydrogen) atoms. The van der Waals surface area contributed by atoms with Crippen LogP contribution in [0.25, 0.3) is 0 Å². The van der Waals surface area contributed by atoms with Gasteiger partial charge in [0.2, 0.25) is 0 Å². The standard InChI is InChI=1S/C12H14ClN/c13-11-7-5-10(6-8-11)12-4-2-1-3-9-14-12/h5-9,12H,1-4H2. The predicted molar refractivity (Wildman–Crippen MR) is 61.2 cm³/mol. The van der Waals surface area contributed by atoms with Crippen molar-refractivity contribution in [3.05, 3.63) is 34.9 Å². The molecule has 0 fully saturated rings. The van der Waals surface area contributed by atoms with E-state index in [4.69, 9.17) is 11.6 Å². The van der Waals surface area contributed by atoms with E-state index in [1.807, 2.05) is 12.1 Å². The summed E-state index contributed by atoms with van der Waals surface area (Å²) in [7, 11) is 0. The molecule has 0 bridgehead atoms. The first-order valence-corrected chi connectivity index (χ1v) is 5.51. The minimum Gasteiger partial charge on any atom is -0.289 e. The van der Waals surface area contributed by atoms with Gasteiger partial charge in [-0.3, -0.25) is 4.99 Å². The van der Waals surface area contributed by atoms with E-state index in [-0.39, 0.29) is 0 Å². The van der Waals surface area contributed by atoms with Gasteiger partial charge in [-0.2, -0.15) is 0 Å². The molecule has 0 radical (unpaired) electrons. The maximum atomic E-state index is 5.84. The molecule has 0 saturated heterocycles. The summed E-state index contributed by atoms with van der Waals surface area (Å²) in [4.78, 5) is 4.56. The van der Waals surface area contributed by atoms with Gasteiger partial charge in [0, 0.05) is 5.02 Å². The molecule has 1 aromatic rings. The van der Waals surface area contributed by atoms with Crippen LogP contribution in [0.2, 0.25) is 5.02 Å². The van der Waals surface area contributed by atoms with Crippen molar-refractivity contribution in [1.82, 2.24) is 0 Å². The second-order valence-corrected chi connectivity index (χ2v) is 4.12. The second kappa shape index (κ2) is 4.61. The minimum atomic E-state index is 0.356. The Hall–Kier alpha value is -0.820. The average molecular weight is 208 g/mol. The number of halogens is 1. The van der Waals surface area contributed by atoms with Gasteiger partial charge in [0.1, 0.15) is 0 Å². The van der Waals surface area contributed by atoms with Crippen LogP contribution in [0, 0.1) is 0 Å². The fraction of sp³-hybridized carbons (Fsp3) is 0.417. The van der Waals surface area contributed by atoms with Crippen LogP contribution in [0.15, 0.2) is 29.3 Å². The van der Waals surface area contributed by atoms with E-state index >= 15 is 0 Å². The second-order valence-electron chi connectivity index (χ2n) is 3.68. The Kier molecular flexibility index (Phi) is 3.20. The Bertz CT molecular complexity index is 316. The van der Waals surface area contributed by atoms with Gasteiger partial charge in [0.15, 0.2) is 0 Å². The van der Waals surface area contributed by atoms with Crippen molar-refractivity contribution in [2.75, 3.05) is 0 Å². The summed E-state index contributed by atoms with van der Waals surface area (Å²) < 4.78 is 0. The predicted octanol–water partition coefficient (Wildman–Crippen LogP) is 4.03. The molecule has 1 aliphatic rings. The highest BCUT2D eigenvalue weighted by Gasteiger charge is 2.10. The van der Waals surface area contributed by atoms with E-state index in [1.54, 1.807) is 0 Å². The highest BCUT2D eigenvalue weighted by Crippen LogP contribution is 2.26. The minimum absolute atomic E-state index is 0.356. The van der Waals surface area contributed by atoms with Crippen molar-refractivity contribution < 1.29 is 0 Å². The first-order valence-electron chi connectivity index (χ1n) is 5.13. The van der Waals surface area contributed by atoms with Crippen LogP contribution in [0.4, 0.5) is 0 Å². The lowest BCUT2D eigenvalue weighted by molar-refractivity contribution is 0.618. The number of aliphatic imine (C=N–C) groups is 1. The van der Waals surface area contributed by atoms with Gasteiger partial charge in [0.05, 0.1) is 6.04 Å². The lowest BCUT2D eigenvalue weighted by Gasteiger charge is -2.10. The Morgan fingerprint density at radius 3 is 2.71 bits per heavy atom. The first kappa shape index (κ1) is 9.72. The van der Waals surface area contributed by atoms with Gasteiger partial charge in [-0.25, -0.2) is 0 Å². The summed E-state index contributed by atoms with van der Waals surface area (Å²) in [6.07, 6.45) is 6.90. The fourth-order valence-corrected chi connectivity index (χ4v) is 1.91. The highest BCUT2D eigenvalue weighted by molar-refractivity contribution is 6.30. The maximum absolute atomic E-state index is 5.84. The summed E-state index contributed by atoms with van der Waals surface area (Å²) in [5, 5.41) is 0.798. The van der Waals surface area contributed by atoms with Crippen molar-refractivity contribution in [2.24, 2.45) is 4.99 Å². The summed E-state index contributed by atoms with van der Waals surface area (Å²) >= 11 is 5.84. The maximum Gasteiger partial charge on any atom is 0.0745 e. The number of benzene rings is 1. The number of nitrogens with zero attached hydrogens (tertiary/aromatic N) is 1. The third-order valence-corrected chi connectivity index (χ3v) is 2.85. The summed E-state index contributed by atoms with van der Waals surface area (Å²) in [6.45, 7) is 0. The van der Waals surface area contributed by atoms with Crippen molar-refractivity contribution in [2.45, 2.75) is 31.7 Å². The fourth-order valence-electron chi connectivity index (χ4n) is 1.79. The SMILES string of the molecule is Clc1ccc(C2CCCCC=N2)cc1. The van der Waals surface area contributed by atoms with Gasteiger partial charge < -0.3 is 0 Å². The lowest BCUT2D eigenvalue weighted by atomic mass is 10.0. The van der Waals surface area contributed by atoms with Crippen LogP contribution >= 0.6 is 11.6 Å². The van der Waals surface area contributed by atoms with E-state index in [0.717, 1.165) is 17.9 Å². The average Bonchev–Trinajstić information content (AvgIpc) is 2.47. The molecule has 2 heteroatoms. The number of hydrogen-bond donors (Lipinski definition) is 0. The van der Waals surface area contributed by atoms with E-state index in [9.17, 15) is 0 Å². The molecular formula is C12H14ClN. The molecule has 0 amide bonds. The van der Waals surface area contributed by atoms with Crippen LogP contribution < -0.4 is 0 Å². The van der Waals surface area contributed by atoms with Crippen LogP contribution in [0.3, 0.4) is 0 Å². The molecule has 1 aliphatic heterocycles. The van der Waals surface area contributed by atoms with Gasteiger partial charge in [-0.15, -0.1) is 0 Å². The normalized spacial score (nSPS) is 21.9. The van der Waals surface area contributed by atoms with E-state index in [1.165, 1.54) is 18.4 Å². The summed E-state index contributed by atoms with van der Waals surface area (Å²) in [5.74, 6) is 0. The molecule has 1 atom stereocenters. The monoisotopic (exact) mass is 207 g/mol. The van der Waals surface area contributed by atoms with Gasteiger partial charge >= 0.3 is 0 Å². The van der Waals surface area contributed by atoms with Gasteiger partial charge in [0.25, 0.3) is 0 Å². The summed E-state index contributed by atoms with van der Waals surface area (Å²) in [6, 6.07) is 8.40. The number of hydrogen-bond acceptors (Lipinski definition) is 1. The van der Waals surface area contributed by atoms with E-state index < -0.39 is 0 Å². The zero-order chi connectivity index (χ0) is 9.80. The molecular weight excluding hydrogens is 194 g/mol. The third-order valence-electron chi connectivity index (χ3n) is 2.60. The zero-order valence-electron chi connectivity index (χ0n) is 8.12. The van der Waals surface area contributed by atoms with E-state index in [2.05, 4.69) is 23.3 Å². The first-order chi connectivity index (χ1) is 6.86. The quantitative estimate of drug-likeness (QED) is 0.660. The van der Waals surface area contributed by atoms with Crippen LogP contribution in [0.5, 0.6) is 0 Å². The molecule has 74 valence electrons. The Labute approximate surface area is 89.8 Å². The molecule has 1 nitrogen and oxygen atoms in total. The topological polar surface area (TPSA) is 12.4 Å². The van der Waals surface area contributed by atoms with Crippen molar-refractivity contribution in [3.8, 4) is 0 Å². The van der Waals surface area contributed by atoms with Crippen molar-refractivity contribution >= 4 is 17.8 Å². The molecule has 1 aromatic carbocycles. The van der Waals surface area contributed by atoms with Gasteiger partial charge in [-0.05, 0) is 43.2 Å². The zero-order valence-corrected chi connectivity index (χ0v) is 8.87. The molecule has 0 aromatic heterocycles. The van der Waals surface area contributed by atoms with Crippen LogP contribution in [-0.2, 0) is 0 Å². The Morgan fingerprint density at radius 1 is 1.14 bits per heavy atom. The van der Waals surface area contributed by atoms with Crippen molar-refractivity contribution in [1.29, 1.82) is 0 Å². The van der Waals surface area contributed by atoms with Crippen LogP contribution in [-0.4, -0.2) is 6.21 Å². The molecule has 0 N–H and O–H groups in total. The molecule has 0 saturated carbocycles. The molecule has 0 spiro atoms. The van der Waals surface area contributed by atoms with Crippen LogP contribution in [0.1, 0.15) is 37.3 Å². The number of rotatable bonds is 1. The van der Waals surface area contributed by atoms with E-state index in [0.29, 0.717) is 6.04 Å². The largest absolute Gasteiger partial charge is 0.289 e.